The molecule has 25 heavy (non-hydrogen) atoms. The van der Waals surface area contributed by atoms with E-state index in [2.05, 4.69) is 10.6 Å². The minimum atomic E-state index is -0.273. The fraction of sp³-hybridized carbons (Fsp3) is 0.556. The predicted octanol–water partition coefficient (Wildman–Crippen LogP) is 0.666. The highest BCUT2D eigenvalue weighted by atomic mass is 19.1. The fourth-order valence-electron chi connectivity index (χ4n) is 3.76. The highest BCUT2D eigenvalue weighted by molar-refractivity contribution is 5.79. The molecule has 0 spiro atoms. The largest absolute Gasteiger partial charge is 0.376 e. The van der Waals surface area contributed by atoms with Gasteiger partial charge in [-0.3, -0.25) is 14.5 Å². The van der Waals surface area contributed by atoms with Gasteiger partial charge in [0.15, 0.2) is 0 Å². The van der Waals surface area contributed by atoms with E-state index in [0.29, 0.717) is 18.7 Å². The molecule has 0 radical (unpaired) electrons. The first-order valence-corrected chi connectivity index (χ1v) is 8.55. The number of likely N-dealkylation sites (N-methyl/N-ethyl adjacent to an activating group) is 1. The monoisotopic (exact) mass is 349 g/mol. The Morgan fingerprint density at radius 2 is 2.04 bits per heavy atom. The van der Waals surface area contributed by atoms with Crippen molar-refractivity contribution in [2.45, 2.75) is 38.1 Å². The van der Waals surface area contributed by atoms with Gasteiger partial charge in [-0.15, -0.1) is 0 Å². The summed E-state index contributed by atoms with van der Waals surface area (Å²) in [7, 11) is 1.78. The summed E-state index contributed by atoms with van der Waals surface area (Å²) in [6.07, 6.45) is 0.877. The average molecular weight is 349 g/mol. The Kier molecular flexibility index (Phi) is 5.34. The molecular weight excluding hydrogens is 325 g/mol. The molecule has 1 aromatic carbocycles. The molecule has 1 saturated heterocycles. The van der Waals surface area contributed by atoms with Gasteiger partial charge in [0, 0.05) is 31.6 Å². The van der Waals surface area contributed by atoms with Gasteiger partial charge < -0.3 is 15.4 Å². The lowest BCUT2D eigenvalue weighted by Crippen LogP contribution is -2.71. The van der Waals surface area contributed by atoms with Crippen LogP contribution < -0.4 is 10.6 Å². The van der Waals surface area contributed by atoms with Crippen molar-refractivity contribution in [1.82, 2.24) is 15.5 Å². The van der Waals surface area contributed by atoms with Gasteiger partial charge in [-0.25, -0.2) is 4.39 Å². The maximum absolute atomic E-state index is 13.7. The van der Waals surface area contributed by atoms with Gasteiger partial charge in [0.1, 0.15) is 5.82 Å². The van der Waals surface area contributed by atoms with Crippen LogP contribution in [0.5, 0.6) is 0 Å². The normalized spacial score (nSPS) is 27.5. The van der Waals surface area contributed by atoms with Crippen LogP contribution >= 0.6 is 0 Å². The second-order valence-corrected chi connectivity index (χ2v) is 6.87. The van der Waals surface area contributed by atoms with Gasteiger partial charge in [-0.2, -0.15) is 0 Å². The molecular formula is C18H24FN3O3. The van der Waals surface area contributed by atoms with Crippen LogP contribution in [0.3, 0.4) is 0 Å². The third-order valence-electron chi connectivity index (χ3n) is 4.89. The van der Waals surface area contributed by atoms with Crippen molar-refractivity contribution in [1.29, 1.82) is 0 Å². The summed E-state index contributed by atoms with van der Waals surface area (Å²) in [4.78, 5) is 25.5. The molecule has 3 rings (SSSR count). The number of hydrogen-bond acceptors (Lipinski definition) is 4. The molecule has 0 bridgehead atoms. The number of nitrogens with zero attached hydrogens (tertiary/aromatic N) is 1. The highest BCUT2D eigenvalue weighted by Gasteiger charge is 2.54. The number of halogens is 1. The van der Waals surface area contributed by atoms with Crippen molar-refractivity contribution >= 4 is 11.8 Å². The number of benzene rings is 1. The molecule has 2 N–H and O–H groups in total. The standard InChI is InChI=1S/C18H24FN3O3/c1-11(23)20-17-16(13-7-8-25-18(13)17)21-15(24)10-22(2)9-12-5-3-4-6-14(12)19/h3-6,13,16-18H,7-10H2,1-2H3,(H,20,23)(H,21,24)/t13-,16+,17-,18-/m1/s1. The van der Waals surface area contributed by atoms with Gasteiger partial charge in [-0.1, -0.05) is 18.2 Å². The number of amides is 2. The molecule has 136 valence electrons. The molecule has 2 fully saturated rings. The number of ether oxygens (including phenoxy) is 1. The SMILES string of the molecule is CC(=O)N[C@@H]1[C@@H](NC(=O)CN(C)Cc2ccccc2F)[C@H]2CCO[C@H]21. The lowest BCUT2D eigenvalue weighted by atomic mass is 9.71. The minimum Gasteiger partial charge on any atom is -0.376 e. The van der Waals surface area contributed by atoms with Gasteiger partial charge in [-0.05, 0) is 19.5 Å². The van der Waals surface area contributed by atoms with Crippen molar-refractivity contribution in [3.05, 3.63) is 35.6 Å². The van der Waals surface area contributed by atoms with Gasteiger partial charge in [0.2, 0.25) is 11.8 Å². The van der Waals surface area contributed by atoms with Crippen molar-refractivity contribution in [3.63, 3.8) is 0 Å². The first-order chi connectivity index (χ1) is 12.0. The van der Waals surface area contributed by atoms with Gasteiger partial charge >= 0.3 is 0 Å². The summed E-state index contributed by atoms with van der Waals surface area (Å²) in [5.74, 6) is -0.289. The summed E-state index contributed by atoms with van der Waals surface area (Å²) in [6.45, 7) is 2.64. The van der Waals surface area contributed by atoms with E-state index < -0.39 is 0 Å². The molecule has 7 heteroatoms. The average Bonchev–Trinajstić information content (AvgIpc) is 2.97. The van der Waals surface area contributed by atoms with Crippen LogP contribution in [0.25, 0.3) is 0 Å². The van der Waals surface area contributed by atoms with E-state index >= 15 is 0 Å². The first kappa shape index (κ1) is 17.8. The van der Waals surface area contributed by atoms with Crippen molar-refractivity contribution in [2.75, 3.05) is 20.2 Å². The topological polar surface area (TPSA) is 70.7 Å². The smallest absolute Gasteiger partial charge is 0.234 e. The molecule has 0 aromatic heterocycles. The lowest BCUT2D eigenvalue weighted by Gasteiger charge is -2.47. The summed E-state index contributed by atoms with van der Waals surface area (Å²) in [5, 5.41) is 5.87. The summed E-state index contributed by atoms with van der Waals surface area (Å²) >= 11 is 0. The summed E-state index contributed by atoms with van der Waals surface area (Å²) in [6, 6.07) is 6.26. The summed E-state index contributed by atoms with van der Waals surface area (Å²) < 4.78 is 19.3. The highest BCUT2D eigenvalue weighted by Crippen LogP contribution is 2.39. The zero-order valence-electron chi connectivity index (χ0n) is 14.5. The molecule has 1 heterocycles. The Morgan fingerprint density at radius 1 is 1.28 bits per heavy atom. The number of carbonyl (C=O) groups is 2. The molecule has 6 nitrogen and oxygen atoms in total. The van der Waals surface area contributed by atoms with Crippen LogP contribution in [-0.4, -0.2) is 55.1 Å². The summed E-state index contributed by atoms with van der Waals surface area (Å²) in [5.41, 5.74) is 0.557. The Morgan fingerprint density at radius 3 is 2.76 bits per heavy atom. The molecule has 0 unspecified atom stereocenters. The fourth-order valence-corrected chi connectivity index (χ4v) is 3.76. The van der Waals surface area contributed by atoms with Crippen LogP contribution in [0, 0.1) is 11.7 Å². The van der Waals surface area contributed by atoms with Crippen LogP contribution in [-0.2, 0) is 20.9 Å². The van der Waals surface area contributed by atoms with E-state index in [1.807, 2.05) is 0 Å². The maximum Gasteiger partial charge on any atom is 0.234 e. The lowest BCUT2D eigenvalue weighted by molar-refractivity contribution is -0.130. The van der Waals surface area contributed by atoms with Gasteiger partial charge in [0.25, 0.3) is 0 Å². The molecule has 1 saturated carbocycles. The molecule has 2 aliphatic rings. The number of carbonyl (C=O) groups excluding carboxylic acids is 2. The quantitative estimate of drug-likeness (QED) is 0.792. The second-order valence-electron chi connectivity index (χ2n) is 6.87. The Bertz CT molecular complexity index is 654. The van der Waals surface area contributed by atoms with Crippen molar-refractivity contribution < 1.29 is 18.7 Å². The van der Waals surface area contributed by atoms with Crippen molar-refractivity contribution in [2.24, 2.45) is 5.92 Å². The third kappa shape index (κ3) is 3.99. The molecule has 2 amide bonds. The first-order valence-electron chi connectivity index (χ1n) is 8.55. The number of nitrogens with one attached hydrogen (secondary N) is 2. The van der Waals surface area contributed by atoms with Gasteiger partial charge in [0.05, 0.1) is 24.7 Å². The Labute approximate surface area is 146 Å². The Balaban J connectivity index is 1.53. The number of fused-ring (bicyclic) bond motifs is 1. The van der Waals surface area contributed by atoms with Crippen LogP contribution in [0.15, 0.2) is 24.3 Å². The number of hydrogen-bond donors (Lipinski definition) is 2. The Hall–Kier alpha value is -1.99. The van der Waals surface area contributed by atoms with E-state index in [9.17, 15) is 14.0 Å². The van der Waals surface area contributed by atoms with E-state index in [1.54, 1.807) is 30.1 Å². The maximum atomic E-state index is 13.7. The molecule has 4 atom stereocenters. The zero-order valence-corrected chi connectivity index (χ0v) is 14.5. The molecule has 1 aliphatic heterocycles. The predicted molar refractivity (Wildman–Crippen MR) is 90.1 cm³/mol. The minimum absolute atomic E-state index is 0.00894. The zero-order chi connectivity index (χ0) is 18.0. The van der Waals surface area contributed by atoms with E-state index in [-0.39, 0.29) is 48.3 Å². The van der Waals surface area contributed by atoms with E-state index in [4.69, 9.17) is 4.74 Å². The van der Waals surface area contributed by atoms with Crippen LogP contribution in [0.4, 0.5) is 4.39 Å². The third-order valence-corrected chi connectivity index (χ3v) is 4.89. The molecule has 1 aromatic rings. The second kappa shape index (κ2) is 7.49. The van der Waals surface area contributed by atoms with Crippen LogP contribution in [0.2, 0.25) is 0 Å². The van der Waals surface area contributed by atoms with Crippen LogP contribution in [0.1, 0.15) is 18.9 Å². The van der Waals surface area contributed by atoms with Crippen molar-refractivity contribution in [3.8, 4) is 0 Å². The molecule has 1 aliphatic carbocycles. The van der Waals surface area contributed by atoms with E-state index in [1.165, 1.54) is 13.0 Å². The van der Waals surface area contributed by atoms with E-state index in [0.717, 1.165) is 6.42 Å². The number of rotatable bonds is 6.